The number of hydrogen-bond acceptors (Lipinski definition) is 3. The molecule has 0 aromatic heterocycles. The lowest BCUT2D eigenvalue weighted by Crippen LogP contribution is -2.19. The molecule has 1 N–H and O–H groups in total. The Morgan fingerprint density at radius 2 is 1.71 bits per heavy atom. The van der Waals surface area contributed by atoms with Gasteiger partial charge in [0.25, 0.3) is 0 Å². The number of aliphatic hydroxyl groups excluding tert-OH is 1. The van der Waals surface area contributed by atoms with Crippen molar-refractivity contribution in [3.63, 3.8) is 0 Å². The number of methoxy groups -OCH3 is 1. The minimum Gasteiger partial charge on any atom is -0.497 e. The summed E-state index contributed by atoms with van der Waals surface area (Å²) in [5.74, 6) is 1.25. The number of ether oxygens (including phenoxy) is 2. The van der Waals surface area contributed by atoms with Crippen LogP contribution in [0.4, 0.5) is 0 Å². The summed E-state index contributed by atoms with van der Waals surface area (Å²) in [5.41, 5.74) is 0.849. The van der Waals surface area contributed by atoms with E-state index in [1.54, 1.807) is 7.11 Å². The molecule has 1 aromatic rings. The molecule has 17 heavy (non-hydrogen) atoms. The summed E-state index contributed by atoms with van der Waals surface area (Å²) < 4.78 is 10.7. The van der Waals surface area contributed by atoms with Crippen LogP contribution in [-0.4, -0.2) is 24.9 Å². The summed E-state index contributed by atoms with van der Waals surface area (Å²) in [6.07, 6.45) is -0.426. The monoisotopic (exact) mass is 238 g/mol. The third kappa shape index (κ3) is 4.36. The van der Waals surface area contributed by atoms with Gasteiger partial charge in [0.05, 0.1) is 19.8 Å². The largest absolute Gasteiger partial charge is 0.497 e. The number of benzene rings is 1. The number of rotatable bonds is 6. The molecule has 2 unspecified atom stereocenters. The highest BCUT2D eigenvalue weighted by Crippen LogP contribution is 2.18. The molecule has 0 aliphatic heterocycles. The van der Waals surface area contributed by atoms with Crippen molar-refractivity contribution in [2.75, 3.05) is 13.7 Å². The molecule has 1 aromatic carbocycles. The van der Waals surface area contributed by atoms with Gasteiger partial charge in [0.15, 0.2) is 0 Å². The fourth-order valence-corrected chi connectivity index (χ4v) is 1.36. The van der Waals surface area contributed by atoms with Crippen LogP contribution in [0.1, 0.15) is 32.4 Å². The summed E-state index contributed by atoms with van der Waals surface area (Å²) >= 11 is 0. The predicted molar refractivity (Wildman–Crippen MR) is 68.2 cm³/mol. The molecule has 0 radical (unpaired) electrons. The van der Waals surface area contributed by atoms with Gasteiger partial charge in [-0.1, -0.05) is 26.0 Å². The van der Waals surface area contributed by atoms with Crippen molar-refractivity contribution in [2.24, 2.45) is 5.92 Å². The maximum absolute atomic E-state index is 9.95. The molecule has 0 amide bonds. The first-order valence-electron chi connectivity index (χ1n) is 5.98. The third-order valence-electron chi connectivity index (χ3n) is 2.96. The van der Waals surface area contributed by atoms with Crippen molar-refractivity contribution >= 4 is 0 Å². The standard InChI is InChI=1S/C14H22O3/c1-10(2)11(3)17-9-14(15)12-5-7-13(16-4)8-6-12/h5-8,10-11,14-15H,9H2,1-4H3. The smallest absolute Gasteiger partial charge is 0.118 e. The second kappa shape index (κ2) is 6.62. The fourth-order valence-electron chi connectivity index (χ4n) is 1.36. The van der Waals surface area contributed by atoms with E-state index in [2.05, 4.69) is 13.8 Å². The Labute approximate surface area is 103 Å². The van der Waals surface area contributed by atoms with Gasteiger partial charge in [-0.15, -0.1) is 0 Å². The molecule has 3 heteroatoms. The van der Waals surface area contributed by atoms with E-state index in [1.807, 2.05) is 31.2 Å². The molecule has 0 saturated carbocycles. The third-order valence-corrected chi connectivity index (χ3v) is 2.96. The van der Waals surface area contributed by atoms with Crippen LogP contribution in [-0.2, 0) is 4.74 Å². The Balaban J connectivity index is 2.48. The lowest BCUT2D eigenvalue weighted by Gasteiger charge is -2.19. The van der Waals surface area contributed by atoms with Gasteiger partial charge >= 0.3 is 0 Å². The van der Waals surface area contributed by atoms with E-state index in [1.165, 1.54) is 0 Å². The van der Waals surface area contributed by atoms with Crippen molar-refractivity contribution in [2.45, 2.75) is 33.0 Å². The lowest BCUT2D eigenvalue weighted by molar-refractivity contribution is -0.0206. The van der Waals surface area contributed by atoms with Crippen molar-refractivity contribution in [3.8, 4) is 5.75 Å². The highest BCUT2D eigenvalue weighted by atomic mass is 16.5. The molecule has 0 bridgehead atoms. The zero-order chi connectivity index (χ0) is 12.8. The van der Waals surface area contributed by atoms with Crippen molar-refractivity contribution < 1.29 is 14.6 Å². The van der Waals surface area contributed by atoms with E-state index in [9.17, 15) is 5.11 Å². The summed E-state index contributed by atoms with van der Waals surface area (Å²) in [6.45, 7) is 6.55. The lowest BCUT2D eigenvalue weighted by atomic mass is 10.1. The van der Waals surface area contributed by atoms with Crippen LogP contribution in [0.15, 0.2) is 24.3 Å². The SMILES string of the molecule is COc1ccc(C(O)COC(C)C(C)C)cc1. The Kier molecular flexibility index (Phi) is 5.45. The van der Waals surface area contributed by atoms with Gasteiger partial charge in [0, 0.05) is 0 Å². The maximum atomic E-state index is 9.95. The van der Waals surface area contributed by atoms with E-state index in [0.29, 0.717) is 12.5 Å². The van der Waals surface area contributed by atoms with E-state index in [-0.39, 0.29) is 6.10 Å². The fraction of sp³-hybridized carbons (Fsp3) is 0.571. The molecule has 2 atom stereocenters. The van der Waals surface area contributed by atoms with Gasteiger partial charge < -0.3 is 14.6 Å². The molecule has 0 aliphatic carbocycles. The van der Waals surface area contributed by atoms with Crippen LogP contribution in [0.5, 0.6) is 5.75 Å². The van der Waals surface area contributed by atoms with E-state index >= 15 is 0 Å². The van der Waals surface area contributed by atoms with Gasteiger partial charge in [-0.2, -0.15) is 0 Å². The summed E-state index contributed by atoms with van der Waals surface area (Å²) in [7, 11) is 1.62. The first-order valence-corrected chi connectivity index (χ1v) is 5.98. The van der Waals surface area contributed by atoms with Crippen LogP contribution in [0.25, 0.3) is 0 Å². The molecule has 0 saturated heterocycles. The topological polar surface area (TPSA) is 38.7 Å². The Bertz CT molecular complexity index is 319. The Hall–Kier alpha value is -1.06. The van der Waals surface area contributed by atoms with Gasteiger partial charge in [0.1, 0.15) is 11.9 Å². The molecule has 0 heterocycles. The molecule has 96 valence electrons. The highest BCUT2D eigenvalue weighted by molar-refractivity contribution is 5.28. The minimum atomic E-state index is -0.581. The molecule has 0 spiro atoms. The van der Waals surface area contributed by atoms with E-state index in [0.717, 1.165) is 11.3 Å². The molecular formula is C14H22O3. The summed E-state index contributed by atoms with van der Waals surface area (Å²) in [5, 5.41) is 9.95. The molecule has 0 aliphatic rings. The Morgan fingerprint density at radius 1 is 1.12 bits per heavy atom. The van der Waals surface area contributed by atoms with Gasteiger partial charge in [-0.3, -0.25) is 0 Å². The second-order valence-corrected chi connectivity index (χ2v) is 4.57. The summed E-state index contributed by atoms with van der Waals surface area (Å²) in [4.78, 5) is 0. The minimum absolute atomic E-state index is 0.155. The quantitative estimate of drug-likeness (QED) is 0.828. The van der Waals surface area contributed by atoms with Crippen LogP contribution in [0.3, 0.4) is 0 Å². The molecular weight excluding hydrogens is 216 g/mol. The van der Waals surface area contributed by atoms with Crippen LogP contribution in [0.2, 0.25) is 0 Å². The predicted octanol–water partition coefficient (Wildman–Crippen LogP) is 2.79. The van der Waals surface area contributed by atoms with Crippen LogP contribution >= 0.6 is 0 Å². The summed E-state index contributed by atoms with van der Waals surface area (Å²) in [6, 6.07) is 7.38. The first-order chi connectivity index (χ1) is 8.04. The van der Waals surface area contributed by atoms with Crippen molar-refractivity contribution in [1.82, 2.24) is 0 Å². The normalized spacial score (nSPS) is 14.7. The van der Waals surface area contributed by atoms with Gasteiger partial charge in [-0.25, -0.2) is 0 Å². The van der Waals surface area contributed by atoms with E-state index in [4.69, 9.17) is 9.47 Å². The maximum Gasteiger partial charge on any atom is 0.118 e. The van der Waals surface area contributed by atoms with Crippen LogP contribution in [0, 0.1) is 5.92 Å². The highest BCUT2D eigenvalue weighted by Gasteiger charge is 2.12. The van der Waals surface area contributed by atoms with Gasteiger partial charge in [0.2, 0.25) is 0 Å². The average Bonchev–Trinajstić information content (AvgIpc) is 2.35. The van der Waals surface area contributed by atoms with Crippen LogP contribution < -0.4 is 4.74 Å². The second-order valence-electron chi connectivity index (χ2n) is 4.57. The van der Waals surface area contributed by atoms with Crippen molar-refractivity contribution in [3.05, 3.63) is 29.8 Å². The molecule has 1 rings (SSSR count). The van der Waals surface area contributed by atoms with E-state index < -0.39 is 6.10 Å². The average molecular weight is 238 g/mol. The zero-order valence-corrected chi connectivity index (χ0v) is 11.0. The molecule has 3 nitrogen and oxygen atoms in total. The van der Waals surface area contributed by atoms with Gasteiger partial charge in [-0.05, 0) is 30.5 Å². The number of hydrogen-bond donors (Lipinski definition) is 1. The molecule has 0 fully saturated rings. The number of aliphatic hydroxyl groups is 1. The first kappa shape index (κ1) is 14.0. The zero-order valence-electron chi connectivity index (χ0n) is 11.0. The van der Waals surface area contributed by atoms with Crippen molar-refractivity contribution in [1.29, 1.82) is 0 Å². The Morgan fingerprint density at radius 3 is 2.18 bits per heavy atom.